The van der Waals surface area contributed by atoms with Crippen molar-refractivity contribution in [1.29, 1.82) is 0 Å². The van der Waals surface area contributed by atoms with E-state index in [1.165, 1.54) is 0 Å². The lowest BCUT2D eigenvalue weighted by Crippen LogP contribution is -2.43. The molecule has 0 radical (unpaired) electrons. The predicted octanol–water partition coefficient (Wildman–Crippen LogP) is 2.90. The maximum atomic E-state index is 12.8. The summed E-state index contributed by atoms with van der Waals surface area (Å²) < 4.78 is 0. The summed E-state index contributed by atoms with van der Waals surface area (Å²) in [5, 5.41) is 0. The van der Waals surface area contributed by atoms with Crippen LogP contribution in [0.5, 0.6) is 0 Å². The molecule has 1 heterocycles. The average Bonchev–Trinajstić information content (AvgIpc) is 2.62. The maximum absolute atomic E-state index is 12.8. The van der Waals surface area contributed by atoms with Crippen molar-refractivity contribution in [3.8, 4) is 0 Å². The molecule has 0 atom stereocenters. The summed E-state index contributed by atoms with van der Waals surface area (Å²) in [4.78, 5) is 27.3. The molecule has 126 valence electrons. The first kappa shape index (κ1) is 18.2. The third kappa shape index (κ3) is 3.83. The minimum atomic E-state index is -0.122. The van der Waals surface area contributed by atoms with Crippen molar-refractivity contribution in [2.24, 2.45) is 5.73 Å². The summed E-state index contributed by atoms with van der Waals surface area (Å²) in [6, 6.07) is 16.3. The molecule has 4 nitrogen and oxygen atoms in total. The second-order valence-corrected chi connectivity index (χ2v) is 5.87. The molecule has 1 saturated heterocycles. The number of amides is 1. The number of halogens is 1. The zero-order valence-electron chi connectivity index (χ0n) is 13.4. The summed E-state index contributed by atoms with van der Waals surface area (Å²) in [6.45, 7) is 1.29. The zero-order valence-corrected chi connectivity index (χ0v) is 14.2. The van der Waals surface area contributed by atoms with Gasteiger partial charge in [0.05, 0.1) is 5.56 Å². The van der Waals surface area contributed by atoms with Gasteiger partial charge >= 0.3 is 0 Å². The van der Waals surface area contributed by atoms with Crippen molar-refractivity contribution in [3.63, 3.8) is 0 Å². The lowest BCUT2D eigenvalue weighted by Gasteiger charge is -2.30. The molecule has 1 aliphatic rings. The molecule has 1 fully saturated rings. The van der Waals surface area contributed by atoms with Gasteiger partial charge < -0.3 is 10.6 Å². The molecule has 2 aromatic rings. The van der Waals surface area contributed by atoms with Gasteiger partial charge in [-0.25, -0.2) is 0 Å². The fourth-order valence-electron chi connectivity index (χ4n) is 2.89. The number of carbonyl (C=O) groups excluding carboxylic acids is 2. The lowest BCUT2D eigenvalue weighted by atomic mass is 9.96. The molecule has 24 heavy (non-hydrogen) atoms. The summed E-state index contributed by atoms with van der Waals surface area (Å²) in [5.41, 5.74) is 7.42. The number of hydrogen-bond acceptors (Lipinski definition) is 3. The first-order chi connectivity index (χ1) is 11.2. The highest BCUT2D eigenvalue weighted by atomic mass is 35.5. The van der Waals surface area contributed by atoms with E-state index in [4.69, 9.17) is 5.73 Å². The number of hydrogen-bond donors (Lipinski definition) is 1. The van der Waals surface area contributed by atoms with Crippen molar-refractivity contribution in [1.82, 2.24) is 4.90 Å². The number of nitrogens with zero attached hydrogens (tertiary/aromatic N) is 1. The van der Waals surface area contributed by atoms with Crippen LogP contribution in [0.15, 0.2) is 54.6 Å². The maximum Gasteiger partial charge on any atom is 0.254 e. The first-order valence-corrected chi connectivity index (χ1v) is 7.90. The molecule has 0 bridgehead atoms. The molecule has 2 aromatic carbocycles. The van der Waals surface area contributed by atoms with Gasteiger partial charge in [0.2, 0.25) is 0 Å². The van der Waals surface area contributed by atoms with Crippen LogP contribution >= 0.6 is 12.4 Å². The van der Waals surface area contributed by atoms with Crippen molar-refractivity contribution < 1.29 is 9.59 Å². The molecule has 2 N–H and O–H groups in total. The Morgan fingerprint density at radius 2 is 1.42 bits per heavy atom. The van der Waals surface area contributed by atoms with Gasteiger partial charge in [0.1, 0.15) is 0 Å². The van der Waals surface area contributed by atoms with E-state index < -0.39 is 0 Å². The van der Waals surface area contributed by atoms with E-state index in [-0.39, 0.29) is 30.1 Å². The molecular weight excluding hydrogens is 324 g/mol. The smallest absolute Gasteiger partial charge is 0.254 e. The predicted molar refractivity (Wildman–Crippen MR) is 96.7 cm³/mol. The number of nitrogens with two attached hydrogens (primary N) is 1. The molecule has 0 aromatic heterocycles. The van der Waals surface area contributed by atoms with E-state index in [9.17, 15) is 9.59 Å². The molecule has 0 aliphatic carbocycles. The largest absolute Gasteiger partial charge is 0.339 e. The Labute approximate surface area is 148 Å². The number of benzene rings is 2. The van der Waals surface area contributed by atoms with E-state index in [1.807, 2.05) is 18.2 Å². The molecule has 0 unspecified atom stereocenters. The zero-order chi connectivity index (χ0) is 16.2. The van der Waals surface area contributed by atoms with Gasteiger partial charge in [0.15, 0.2) is 5.78 Å². The highest BCUT2D eigenvalue weighted by Gasteiger charge is 2.25. The molecule has 0 saturated carbocycles. The Kier molecular flexibility index (Phi) is 6.12. The Morgan fingerprint density at radius 3 is 2.04 bits per heavy atom. The van der Waals surface area contributed by atoms with Crippen LogP contribution in [0.25, 0.3) is 0 Å². The van der Waals surface area contributed by atoms with E-state index in [0.29, 0.717) is 29.8 Å². The average molecular weight is 345 g/mol. The van der Waals surface area contributed by atoms with Crippen LogP contribution in [-0.4, -0.2) is 35.7 Å². The second-order valence-electron chi connectivity index (χ2n) is 5.87. The fourth-order valence-corrected chi connectivity index (χ4v) is 2.89. The van der Waals surface area contributed by atoms with Crippen LogP contribution in [0.1, 0.15) is 39.1 Å². The normalized spacial score (nSPS) is 14.8. The molecular formula is C19H21ClN2O2. The lowest BCUT2D eigenvalue weighted by molar-refractivity contribution is 0.0711. The first-order valence-electron chi connectivity index (χ1n) is 7.90. The van der Waals surface area contributed by atoms with Gasteiger partial charge in [0.25, 0.3) is 5.91 Å². The second kappa shape index (κ2) is 8.08. The number of carbonyl (C=O) groups is 2. The van der Waals surface area contributed by atoms with Gasteiger partial charge in [-0.1, -0.05) is 48.5 Å². The van der Waals surface area contributed by atoms with E-state index >= 15 is 0 Å². The minimum Gasteiger partial charge on any atom is -0.339 e. The highest BCUT2D eigenvalue weighted by Crippen LogP contribution is 2.19. The quantitative estimate of drug-likeness (QED) is 0.871. The van der Waals surface area contributed by atoms with Gasteiger partial charge in [0, 0.05) is 30.3 Å². The Balaban J connectivity index is 0.00000208. The monoisotopic (exact) mass is 344 g/mol. The van der Waals surface area contributed by atoms with E-state index in [0.717, 1.165) is 12.8 Å². The van der Waals surface area contributed by atoms with Crippen LogP contribution in [0.2, 0.25) is 0 Å². The van der Waals surface area contributed by atoms with Crippen LogP contribution in [-0.2, 0) is 0 Å². The third-order valence-electron chi connectivity index (χ3n) is 4.26. The summed E-state index contributed by atoms with van der Waals surface area (Å²) in [7, 11) is 0. The number of piperidine rings is 1. The van der Waals surface area contributed by atoms with Crippen molar-refractivity contribution >= 4 is 24.1 Å². The molecule has 1 amide bonds. The highest BCUT2D eigenvalue weighted by molar-refractivity contribution is 6.15. The van der Waals surface area contributed by atoms with E-state index in [1.54, 1.807) is 41.3 Å². The van der Waals surface area contributed by atoms with Crippen molar-refractivity contribution in [2.45, 2.75) is 18.9 Å². The SMILES string of the molecule is Cl.NC1CCN(C(=O)c2ccccc2C(=O)c2ccccc2)CC1. The Hall–Kier alpha value is -2.17. The summed E-state index contributed by atoms with van der Waals surface area (Å²) in [5.74, 6) is -0.208. The number of likely N-dealkylation sites (tertiary alicyclic amines) is 1. The molecule has 5 heteroatoms. The molecule has 1 aliphatic heterocycles. The van der Waals surface area contributed by atoms with Crippen molar-refractivity contribution in [3.05, 3.63) is 71.3 Å². The van der Waals surface area contributed by atoms with Crippen molar-refractivity contribution in [2.75, 3.05) is 13.1 Å². The number of ketones is 1. The summed E-state index contributed by atoms with van der Waals surface area (Å²) >= 11 is 0. The van der Waals surface area contributed by atoms with Crippen LogP contribution in [0, 0.1) is 0 Å². The van der Waals surface area contributed by atoms with Gasteiger partial charge in [-0.2, -0.15) is 0 Å². The molecule has 0 spiro atoms. The Bertz CT molecular complexity index is 710. The topological polar surface area (TPSA) is 63.4 Å². The molecule has 3 rings (SSSR count). The van der Waals surface area contributed by atoms with Gasteiger partial charge in [-0.15, -0.1) is 12.4 Å². The summed E-state index contributed by atoms with van der Waals surface area (Å²) in [6.07, 6.45) is 1.61. The van der Waals surface area contributed by atoms with E-state index in [2.05, 4.69) is 0 Å². The third-order valence-corrected chi connectivity index (χ3v) is 4.26. The van der Waals surface area contributed by atoms with Gasteiger partial charge in [-0.3, -0.25) is 9.59 Å². The van der Waals surface area contributed by atoms with Crippen LogP contribution in [0.3, 0.4) is 0 Å². The standard InChI is InChI=1S/C19H20N2O2.ClH/c20-15-10-12-21(13-11-15)19(23)17-9-5-4-8-16(17)18(22)14-6-2-1-3-7-14;/h1-9,15H,10-13,20H2;1H. The van der Waals surface area contributed by atoms with Crippen LogP contribution in [0.4, 0.5) is 0 Å². The Morgan fingerprint density at radius 1 is 0.875 bits per heavy atom. The number of rotatable bonds is 3. The fraction of sp³-hybridized carbons (Fsp3) is 0.263. The van der Waals surface area contributed by atoms with Crippen LogP contribution < -0.4 is 5.73 Å². The minimum absolute atomic E-state index is 0. The van der Waals surface area contributed by atoms with Gasteiger partial charge in [-0.05, 0) is 18.9 Å².